The number of ether oxygens (including phenoxy) is 2. The normalized spacial score (nSPS) is 33.1. The lowest BCUT2D eigenvalue weighted by atomic mass is 9.78. The molecule has 1 rings (SSSR count). The first kappa shape index (κ1) is 14.4. The summed E-state index contributed by atoms with van der Waals surface area (Å²) < 4.78 is 10.7. The molecular formula is C12H23NO4. The first-order chi connectivity index (χ1) is 7.90. The molecule has 0 aromatic rings. The number of hydrogen-bond donors (Lipinski definition) is 2. The molecule has 0 aromatic carbocycles. The Labute approximate surface area is 102 Å². The van der Waals surface area contributed by atoms with Crippen LogP contribution in [0.25, 0.3) is 0 Å². The summed E-state index contributed by atoms with van der Waals surface area (Å²) in [6.07, 6.45) is 3.30. The number of carboxylic acids is 1. The third kappa shape index (κ3) is 3.66. The number of carbonyl (C=O) groups is 1. The van der Waals surface area contributed by atoms with Crippen LogP contribution in [0.3, 0.4) is 0 Å². The molecule has 100 valence electrons. The van der Waals surface area contributed by atoms with E-state index < -0.39 is 11.5 Å². The zero-order valence-electron chi connectivity index (χ0n) is 10.8. The van der Waals surface area contributed by atoms with E-state index in [0.29, 0.717) is 6.42 Å². The topological polar surface area (TPSA) is 81.8 Å². The third-order valence-corrected chi connectivity index (χ3v) is 3.65. The second-order valence-electron chi connectivity index (χ2n) is 5.15. The smallest absolute Gasteiger partial charge is 0.323 e. The van der Waals surface area contributed by atoms with Gasteiger partial charge in [-0.2, -0.15) is 0 Å². The fourth-order valence-corrected chi connectivity index (χ4v) is 2.57. The van der Waals surface area contributed by atoms with Crippen molar-refractivity contribution < 1.29 is 19.4 Å². The minimum Gasteiger partial charge on any atom is -0.480 e. The van der Waals surface area contributed by atoms with Gasteiger partial charge in [-0.25, -0.2) is 0 Å². The highest BCUT2D eigenvalue weighted by Crippen LogP contribution is 2.32. The second kappa shape index (κ2) is 5.80. The van der Waals surface area contributed by atoms with Crippen LogP contribution in [0.2, 0.25) is 0 Å². The van der Waals surface area contributed by atoms with Gasteiger partial charge in [0.2, 0.25) is 0 Å². The largest absolute Gasteiger partial charge is 0.480 e. The van der Waals surface area contributed by atoms with Gasteiger partial charge in [-0.15, -0.1) is 0 Å². The molecule has 3 N–H and O–H groups in total. The van der Waals surface area contributed by atoms with Crippen LogP contribution < -0.4 is 5.73 Å². The standard InChI is InChI=1S/C12H23NO4/c1-12(13,11(14)15)7-8-4-5-9(16-2)10(6-8)17-3/h8-10H,4-7,13H2,1-3H3,(H,14,15). The second-order valence-corrected chi connectivity index (χ2v) is 5.15. The Morgan fingerprint density at radius 1 is 1.35 bits per heavy atom. The van der Waals surface area contributed by atoms with Gasteiger partial charge in [-0.3, -0.25) is 4.79 Å². The average Bonchev–Trinajstić information content (AvgIpc) is 2.28. The van der Waals surface area contributed by atoms with Crippen molar-refractivity contribution >= 4 is 5.97 Å². The van der Waals surface area contributed by atoms with E-state index in [-0.39, 0.29) is 18.1 Å². The number of carboxylic acid groups (broad SMARTS) is 1. The summed E-state index contributed by atoms with van der Waals surface area (Å²) in [5, 5.41) is 9.01. The third-order valence-electron chi connectivity index (χ3n) is 3.65. The summed E-state index contributed by atoms with van der Waals surface area (Å²) in [6.45, 7) is 1.57. The maximum atomic E-state index is 11.0. The number of nitrogens with two attached hydrogens (primary N) is 1. The molecule has 0 spiro atoms. The van der Waals surface area contributed by atoms with Crippen LogP contribution in [0.4, 0.5) is 0 Å². The van der Waals surface area contributed by atoms with Gasteiger partial charge in [-0.1, -0.05) is 0 Å². The van der Waals surface area contributed by atoms with Gasteiger partial charge < -0.3 is 20.3 Å². The van der Waals surface area contributed by atoms with Gasteiger partial charge in [0.05, 0.1) is 12.2 Å². The van der Waals surface area contributed by atoms with Crippen molar-refractivity contribution in [2.24, 2.45) is 11.7 Å². The first-order valence-electron chi connectivity index (χ1n) is 5.98. The molecule has 4 unspecified atom stereocenters. The monoisotopic (exact) mass is 245 g/mol. The Morgan fingerprint density at radius 3 is 2.41 bits per heavy atom. The van der Waals surface area contributed by atoms with Crippen molar-refractivity contribution in [1.82, 2.24) is 0 Å². The van der Waals surface area contributed by atoms with Gasteiger partial charge in [-0.05, 0) is 38.5 Å². The van der Waals surface area contributed by atoms with E-state index in [1.54, 1.807) is 21.1 Å². The molecule has 1 aliphatic rings. The van der Waals surface area contributed by atoms with Crippen molar-refractivity contribution in [3.8, 4) is 0 Å². The number of hydrogen-bond acceptors (Lipinski definition) is 4. The van der Waals surface area contributed by atoms with Crippen LogP contribution in [0.5, 0.6) is 0 Å². The molecule has 1 fully saturated rings. The minimum absolute atomic E-state index is 0.0448. The highest BCUT2D eigenvalue weighted by atomic mass is 16.5. The number of aliphatic carboxylic acids is 1. The molecule has 0 bridgehead atoms. The van der Waals surface area contributed by atoms with Gasteiger partial charge in [0, 0.05) is 14.2 Å². The Morgan fingerprint density at radius 2 is 1.94 bits per heavy atom. The Hall–Kier alpha value is -0.650. The molecule has 5 heteroatoms. The highest BCUT2D eigenvalue weighted by Gasteiger charge is 2.36. The van der Waals surface area contributed by atoms with Crippen LogP contribution in [0, 0.1) is 5.92 Å². The molecule has 0 radical (unpaired) electrons. The summed E-state index contributed by atoms with van der Waals surface area (Å²) >= 11 is 0. The lowest BCUT2D eigenvalue weighted by molar-refractivity contribution is -0.144. The van der Waals surface area contributed by atoms with E-state index in [1.165, 1.54) is 0 Å². The van der Waals surface area contributed by atoms with Crippen LogP contribution in [-0.2, 0) is 14.3 Å². The minimum atomic E-state index is -1.15. The maximum absolute atomic E-state index is 11.0. The van der Waals surface area contributed by atoms with Crippen LogP contribution in [-0.4, -0.2) is 43.0 Å². The predicted molar refractivity (Wildman–Crippen MR) is 63.8 cm³/mol. The lowest BCUT2D eigenvalue weighted by Crippen LogP contribution is -2.48. The molecule has 0 aliphatic heterocycles. The summed E-state index contributed by atoms with van der Waals surface area (Å²) in [5.41, 5.74) is 4.62. The summed E-state index contributed by atoms with van der Waals surface area (Å²) in [7, 11) is 3.35. The fraction of sp³-hybridized carbons (Fsp3) is 0.917. The van der Waals surface area contributed by atoms with E-state index in [4.69, 9.17) is 20.3 Å². The van der Waals surface area contributed by atoms with Crippen LogP contribution >= 0.6 is 0 Å². The Bertz CT molecular complexity index is 267. The lowest BCUT2D eigenvalue weighted by Gasteiger charge is -2.36. The average molecular weight is 245 g/mol. The van der Waals surface area contributed by atoms with E-state index in [0.717, 1.165) is 19.3 Å². The fourth-order valence-electron chi connectivity index (χ4n) is 2.57. The van der Waals surface area contributed by atoms with Gasteiger partial charge in [0.15, 0.2) is 0 Å². The number of methoxy groups -OCH3 is 2. The van der Waals surface area contributed by atoms with E-state index in [9.17, 15) is 4.79 Å². The van der Waals surface area contributed by atoms with Crippen molar-refractivity contribution in [3.05, 3.63) is 0 Å². The molecule has 4 atom stereocenters. The molecule has 0 amide bonds. The zero-order chi connectivity index (χ0) is 13.1. The summed E-state index contributed by atoms with van der Waals surface area (Å²) in [6, 6.07) is 0. The molecular weight excluding hydrogens is 222 g/mol. The van der Waals surface area contributed by atoms with E-state index in [2.05, 4.69) is 0 Å². The molecule has 0 heterocycles. The number of rotatable bonds is 5. The molecule has 17 heavy (non-hydrogen) atoms. The maximum Gasteiger partial charge on any atom is 0.323 e. The van der Waals surface area contributed by atoms with Crippen LogP contribution in [0.15, 0.2) is 0 Å². The SMILES string of the molecule is COC1CCC(CC(C)(N)C(=O)O)CC1OC. The quantitative estimate of drug-likeness (QED) is 0.755. The first-order valence-corrected chi connectivity index (χ1v) is 5.98. The molecule has 5 nitrogen and oxygen atoms in total. The molecule has 1 saturated carbocycles. The van der Waals surface area contributed by atoms with E-state index in [1.807, 2.05) is 0 Å². The van der Waals surface area contributed by atoms with E-state index >= 15 is 0 Å². The summed E-state index contributed by atoms with van der Waals surface area (Å²) in [4.78, 5) is 11.0. The summed E-state index contributed by atoms with van der Waals surface area (Å²) in [5.74, 6) is -0.655. The Balaban J connectivity index is 2.55. The van der Waals surface area contributed by atoms with Gasteiger partial charge in [0.25, 0.3) is 0 Å². The Kier molecular flexibility index (Phi) is 4.91. The van der Waals surface area contributed by atoms with Crippen molar-refractivity contribution in [3.63, 3.8) is 0 Å². The van der Waals surface area contributed by atoms with Gasteiger partial charge >= 0.3 is 5.97 Å². The van der Waals surface area contributed by atoms with Crippen molar-refractivity contribution in [2.45, 2.75) is 50.4 Å². The van der Waals surface area contributed by atoms with Crippen molar-refractivity contribution in [2.75, 3.05) is 14.2 Å². The zero-order valence-corrected chi connectivity index (χ0v) is 10.8. The molecule has 1 aliphatic carbocycles. The predicted octanol–water partition coefficient (Wildman–Crippen LogP) is 1.01. The highest BCUT2D eigenvalue weighted by molar-refractivity contribution is 5.77. The van der Waals surface area contributed by atoms with Crippen LogP contribution in [0.1, 0.15) is 32.6 Å². The van der Waals surface area contributed by atoms with Crippen molar-refractivity contribution in [1.29, 1.82) is 0 Å². The van der Waals surface area contributed by atoms with Gasteiger partial charge in [0.1, 0.15) is 5.54 Å². The molecule has 0 aromatic heterocycles. The molecule has 0 saturated heterocycles.